The summed E-state index contributed by atoms with van der Waals surface area (Å²) in [5.74, 6) is 1.41. The van der Waals surface area contributed by atoms with Gasteiger partial charge in [-0.1, -0.05) is 52.5 Å². The highest BCUT2D eigenvalue weighted by molar-refractivity contribution is 5.39. The molecule has 0 saturated carbocycles. The van der Waals surface area contributed by atoms with E-state index in [4.69, 9.17) is 0 Å². The fraction of sp³-hybridized carbons (Fsp3) is 0.571. The SMILES string of the molecule is C=CC1=C(/C=C\C)C(C)CC1C.CC. The van der Waals surface area contributed by atoms with Gasteiger partial charge in [0.05, 0.1) is 0 Å². The maximum Gasteiger partial charge on any atom is -0.0182 e. The molecule has 0 aromatic heterocycles. The Hall–Kier alpha value is -0.780. The summed E-state index contributed by atoms with van der Waals surface area (Å²) in [6, 6.07) is 0. The summed E-state index contributed by atoms with van der Waals surface area (Å²) in [6.07, 6.45) is 7.64. The summed E-state index contributed by atoms with van der Waals surface area (Å²) in [4.78, 5) is 0. The maximum atomic E-state index is 3.87. The quantitative estimate of drug-likeness (QED) is 0.592. The molecule has 0 aliphatic heterocycles. The van der Waals surface area contributed by atoms with Gasteiger partial charge in [0.25, 0.3) is 0 Å². The van der Waals surface area contributed by atoms with Gasteiger partial charge in [-0.2, -0.15) is 0 Å². The highest BCUT2D eigenvalue weighted by Crippen LogP contribution is 2.37. The monoisotopic (exact) mass is 192 g/mol. The fourth-order valence-corrected chi connectivity index (χ4v) is 2.11. The molecule has 0 aromatic carbocycles. The second-order valence-corrected chi connectivity index (χ2v) is 3.65. The number of hydrogen-bond donors (Lipinski definition) is 0. The van der Waals surface area contributed by atoms with E-state index in [2.05, 4.69) is 39.5 Å². The Morgan fingerprint density at radius 3 is 2.07 bits per heavy atom. The molecule has 0 amide bonds. The van der Waals surface area contributed by atoms with Gasteiger partial charge in [-0.25, -0.2) is 0 Å². The van der Waals surface area contributed by atoms with Crippen LogP contribution in [0.4, 0.5) is 0 Å². The van der Waals surface area contributed by atoms with E-state index in [1.165, 1.54) is 17.6 Å². The summed E-state index contributed by atoms with van der Waals surface area (Å²) in [5, 5.41) is 0. The zero-order valence-electron chi connectivity index (χ0n) is 10.3. The molecule has 0 heterocycles. The van der Waals surface area contributed by atoms with Crippen molar-refractivity contribution in [2.45, 2.75) is 41.0 Å². The van der Waals surface area contributed by atoms with Gasteiger partial charge in [-0.15, -0.1) is 0 Å². The first-order chi connectivity index (χ1) is 6.70. The Balaban J connectivity index is 0.000000791. The molecule has 14 heavy (non-hydrogen) atoms. The van der Waals surface area contributed by atoms with Crippen molar-refractivity contribution in [1.82, 2.24) is 0 Å². The number of hydrogen-bond acceptors (Lipinski definition) is 0. The normalized spacial score (nSPS) is 26.4. The zero-order chi connectivity index (χ0) is 11.1. The third kappa shape index (κ3) is 2.87. The van der Waals surface area contributed by atoms with Crippen molar-refractivity contribution in [2.24, 2.45) is 11.8 Å². The summed E-state index contributed by atoms with van der Waals surface area (Å²) >= 11 is 0. The first kappa shape index (κ1) is 13.2. The second kappa shape index (κ2) is 6.64. The number of allylic oxidation sites excluding steroid dienone is 5. The molecule has 2 unspecified atom stereocenters. The molecular formula is C14H24. The average Bonchev–Trinajstić information content (AvgIpc) is 2.45. The standard InChI is InChI=1S/C12H18.C2H6/c1-5-7-12-10(4)8-9(3)11(12)6-2;1-2/h5-7,9-10H,2,8H2,1,3-4H3;1-2H3/b7-5-;. The molecule has 0 heteroatoms. The van der Waals surface area contributed by atoms with Crippen LogP contribution < -0.4 is 0 Å². The van der Waals surface area contributed by atoms with Crippen LogP contribution in [0.15, 0.2) is 36.0 Å². The van der Waals surface area contributed by atoms with E-state index in [1.807, 2.05) is 19.9 Å². The summed E-state index contributed by atoms with van der Waals surface area (Å²) in [6.45, 7) is 14.5. The van der Waals surface area contributed by atoms with Gasteiger partial charge in [0.2, 0.25) is 0 Å². The minimum absolute atomic E-state index is 0.698. The lowest BCUT2D eigenvalue weighted by molar-refractivity contribution is 0.575. The smallest absolute Gasteiger partial charge is 0.0182 e. The lowest BCUT2D eigenvalue weighted by atomic mass is 10.0. The second-order valence-electron chi connectivity index (χ2n) is 3.65. The van der Waals surface area contributed by atoms with Crippen LogP contribution in [0.2, 0.25) is 0 Å². The Morgan fingerprint density at radius 2 is 1.64 bits per heavy atom. The van der Waals surface area contributed by atoms with E-state index in [0.29, 0.717) is 11.8 Å². The molecule has 0 spiro atoms. The first-order valence-electron chi connectivity index (χ1n) is 5.69. The molecule has 0 bridgehead atoms. The highest BCUT2D eigenvalue weighted by atomic mass is 14.3. The van der Waals surface area contributed by atoms with Crippen LogP contribution in [0.1, 0.15) is 41.0 Å². The average molecular weight is 192 g/mol. The molecule has 80 valence electrons. The molecule has 0 fully saturated rings. The van der Waals surface area contributed by atoms with Crippen molar-refractivity contribution < 1.29 is 0 Å². The van der Waals surface area contributed by atoms with Gasteiger partial charge in [0.15, 0.2) is 0 Å². The van der Waals surface area contributed by atoms with E-state index in [9.17, 15) is 0 Å². The van der Waals surface area contributed by atoms with E-state index < -0.39 is 0 Å². The van der Waals surface area contributed by atoms with E-state index in [1.54, 1.807) is 0 Å². The van der Waals surface area contributed by atoms with Crippen molar-refractivity contribution in [1.29, 1.82) is 0 Å². The Labute approximate surface area is 89.4 Å². The van der Waals surface area contributed by atoms with E-state index in [0.717, 1.165) is 0 Å². The van der Waals surface area contributed by atoms with Gasteiger partial charge < -0.3 is 0 Å². The van der Waals surface area contributed by atoms with Gasteiger partial charge in [0, 0.05) is 0 Å². The Bertz CT molecular complexity index is 230. The van der Waals surface area contributed by atoms with Crippen molar-refractivity contribution >= 4 is 0 Å². The van der Waals surface area contributed by atoms with E-state index in [-0.39, 0.29) is 0 Å². The molecule has 0 N–H and O–H groups in total. The minimum Gasteiger partial charge on any atom is -0.0988 e. The van der Waals surface area contributed by atoms with E-state index >= 15 is 0 Å². The van der Waals surface area contributed by atoms with Crippen LogP contribution in [0.25, 0.3) is 0 Å². The Morgan fingerprint density at radius 1 is 1.14 bits per heavy atom. The third-order valence-electron chi connectivity index (χ3n) is 2.67. The summed E-state index contributed by atoms with van der Waals surface area (Å²) < 4.78 is 0. The first-order valence-corrected chi connectivity index (χ1v) is 5.69. The molecular weight excluding hydrogens is 168 g/mol. The lowest BCUT2D eigenvalue weighted by Crippen LogP contribution is -1.91. The van der Waals surface area contributed by atoms with Gasteiger partial charge in [-0.05, 0) is 36.3 Å². The molecule has 1 aliphatic rings. The predicted molar refractivity (Wildman–Crippen MR) is 66.3 cm³/mol. The molecule has 2 atom stereocenters. The fourth-order valence-electron chi connectivity index (χ4n) is 2.11. The molecule has 1 rings (SSSR count). The molecule has 0 saturated heterocycles. The molecule has 0 aromatic rings. The maximum absolute atomic E-state index is 3.87. The lowest BCUT2D eigenvalue weighted by Gasteiger charge is -2.02. The molecule has 1 aliphatic carbocycles. The van der Waals surface area contributed by atoms with Crippen LogP contribution in [0.3, 0.4) is 0 Å². The number of rotatable bonds is 2. The topological polar surface area (TPSA) is 0 Å². The van der Waals surface area contributed by atoms with Crippen molar-refractivity contribution in [3.8, 4) is 0 Å². The zero-order valence-corrected chi connectivity index (χ0v) is 10.3. The van der Waals surface area contributed by atoms with Crippen molar-refractivity contribution in [2.75, 3.05) is 0 Å². The largest absolute Gasteiger partial charge is 0.0988 e. The third-order valence-corrected chi connectivity index (χ3v) is 2.67. The van der Waals surface area contributed by atoms with Crippen LogP contribution in [-0.4, -0.2) is 0 Å². The predicted octanol–water partition coefficient (Wildman–Crippen LogP) is 4.75. The van der Waals surface area contributed by atoms with Crippen LogP contribution >= 0.6 is 0 Å². The van der Waals surface area contributed by atoms with Crippen molar-refractivity contribution in [3.63, 3.8) is 0 Å². The van der Waals surface area contributed by atoms with Gasteiger partial charge in [0.1, 0.15) is 0 Å². The van der Waals surface area contributed by atoms with Gasteiger partial charge >= 0.3 is 0 Å². The molecule has 0 nitrogen and oxygen atoms in total. The molecule has 0 radical (unpaired) electrons. The van der Waals surface area contributed by atoms with Crippen molar-refractivity contribution in [3.05, 3.63) is 36.0 Å². The van der Waals surface area contributed by atoms with Gasteiger partial charge in [-0.3, -0.25) is 0 Å². The van der Waals surface area contributed by atoms with Crippen LogP contribution in [0.5, 0.6) is 0 Å². The highest BCUT2D eigenvalue weighted by Gasteiger charge is 2.23. The summed E-state index contributed by atoms with van der Waals surface area (Å²) in [5.41, 5.74) is 2.93. The minimum atomic E-state index is 0.698. The Kier molecular flexibility index (Phi) is 6.27. The van der Waals surface area contributed by atoms with Crippen LogP contribution in [0, 0.1) is 11.8 Å². The summed E-state index contributed by atoms with van der Waals surface area (Å²) in [7, 11) is 0. The van der Waals surface area contributed by atoms with Crippen LogP contribution in [-0.2, 0) is 0 Å².